The Morgan fingerprint density at radius 3 is 1.72 bits per heavy atom. The lowest BCUT2D eigenvalue weighted by Gasteiger charge is -2.45. The summed E-state index contributed by atoms with van der Waals surface area (Å²) in [4.78, 5) is 5.30. The molecule has 1 saturated carbocycles. The van der Waals surface area contributed by atoms with Crippen LogP contribution in [-0.2, 0) is 16.2 Å². The molecule has 69 heavy (non-hydrogen) atoms. The zero-order valence-corrected chi connectivity index (χ0v) is 43.8. The molecule has 3 aliphatic rings. The molecule has 0 bridgehead atoms. The second-order valence-electron chi connectivity index (χ2n) is 25.0. The van der Waals surface area contributed by atoms with Crippen LogP contribution in [0.5, 0.6) is 0 Å². The molecule has 0 spiro atoms. The van der Waals surface area contributed by atoms with Crippen LogP contribution in [0.15, 0.2) is 133 Å². The molecular weight excluding hydrogens is 854 g/mol. The summed E-state index contributed by atoms with van der Waals surface area (Å²) in [5.41, 5.74) is 17.6. The smallest absolute Gasteiger partial charge is 0.272 e. The van der Waals surface area contributed by atoms with Crippen molar-refractivity contribution >= 4 is 111 Å². The van der Waals surface area contributed by atoms with Gasteiger partial charge in [0, 0.05) is 65.6 Å². The number of hydrogen-bond donors (Lipinski definition) is 0. The zero-order valence-electron chi connectivity index (χ0n) is 43.0. The molecule has 0 radical (unpaired) electrons. The zero-order chi connectivity index (χ0) is 48.1. The number of thiophene rings is 1. The quantitative estimate of drug-likeness (QED) is 0.164. The van der Waals surface area contributed by atoms with E-state index in [0.29, 0.717) is 17.4 Å². The first kappa shape index (κ1) is 44.4. The van der Waals surface area contributed by atoms with E-state index >= 15 is 0 Å². The van der Waals surface area contributed by atoms with Crippen LogP contribution in [0.1, 0.15) is 132 Å². The molecule has 0 atom stereocenters. The van der Waals surface area contributed by atoms with E-state index in [9.17, 15) is 0 Å². The van der Waals surface area contributed by atoms with Crippen molar-refractivity contribution in [1.29, 1.82) is 0 Å². The third-order valence-corrected chi connectivity index (χ3v) is 17.7. The van der Waals surface area contributed by atoms with Gasteiger partial charge in [0.15, 0.2) is 0 Å². The Bertz CT molecular complexity index is 3500. The Labute approximate surface area is 415 Å². The largest absolute Gasteiger partial charge is 0.347 e. The number of fused-ring (bicyclic) bond motifs is 12. The van der Waals surface area contributed by atoms with Gasteiger partial charge in [-0.2, -0.15) is 0 Å². The second-order valence-corrected chi connectivity index (χ2v) is 26.1. The number of hydrogen-bond acceptors (Lipinski definition) is 3. The number of aromatic nitrogens is 1. The molecule has 1 fully saturated rings. The number of benzene rings is 7. The molecule has 348 valence electrons. The second kappa shape index (κ2) is 15.4. The average Bonchev–Trinajstić information content (AvgIpc) is 3.87. The summed E-state index contributed by atoms with van der Waals surface area (Å²) in [6, 6.07) is 52.8. The van der Waals surface area contributed by atoms with E-state index in [-0.39, 0.29) is 23.0 Å². The van der Waals surface area contributed by atoms with Crippen molar-refractivity contribution in [2.24, 2.45) is 11.3 Å². The number of anilines is 6. The van der Waals surface area contributed by atoms with Crippen LogP contribution in [0.4, 0.5) is 34.1 Å². The van der Waals surface area contributed by atoms with E-state index in [2.05, 4.69) is 231 Å². The summed E-state index contributed by atoms with van der Waals surface area (Å²) < 4.78 is 5.68. The summed E-state index contributed by atoms with van der Waals surface area (Å²) in [5.74, 6) is 0.710. The molecule has 2 aliphatic heterocycles. The Balaban J connectivity index is 1.23. The van der Waals surface area contributed by atoms with E-state index < -0.39 is 0 Å². The fourth-order valence-corrected chi connectivity index (χ4v) is 13.9. The van der Waals surface area contributed by atoms with Gasteiger partial charge >= 0.3 is 0 Å². The molecule has 9 aromatic rings. The van der Waals surface area contributed by atoms with Crippen LogP contribution < -0.4 is 26.3 Å². The maximum atomic E-state index is 2.92. The van der Waals surface area contributed by atoms with Gasteiger partial charge in [0.2, 0.25) is 0 Å². The maximum absolute atomic E-state index is 2.92. The van der Waals surface area contributed by atoms with E-state index in [1.54, 1.807) is 0 Å². The molecule has 3 nitrogen and oxygen atoms in total. The molecule has 4 heterocycles. The third-order valence-electron chi connectivity index (χ3n) is 16.5. The number of nitrogens with zero attached hydrogens (tertiary/aromatic N) is 3. The van der Waals surface area contributed by atoms with Gasteiger partial charge in [-0.3, -0.25) is 0 Å². The molecule has 2 aromatic heterocycles. The van der Waals surface area contributed by atoms with Gasteiger partial charge in [0.05, 0.1) is 11.2 Å². The predicted molar refractivity (Wildman–Crippen MR) is 303 cm³/mol. The molecule has 5 heteroatoms. The minimum Gasteiger partial charge on any atom is -0.347 e. The van der Waals surface area contributed by atoms with E-state index in [1.807, 2.05) is 11.3 Å². The lowest BCUT2D eigenvalue weighted by atomic mass is 9.34. The molecule has 7 aromatic carbocycles. The molecule has 0 saturated heterocycles. The predicted octanol–water partition coefficient (Wildman–Crippen LogP) is 16.9. The van der Waals surface area contributed by atoms with Crippen molar-refractivity contribution in [1.82, 2.24) is 4.57 Å². The molecule has 0 amide bonds. The highest BCUT2D eigenvalue weighted by Gasteiger charge is 2.48. The van der Waals surface area contributed by atoms with Crippen LogP contribution in [0.2, 0.25) is 0 Å². The minimum atomic E-state index is -0.0313. The van der Waals surface area contributed by atoms with Gasteiger partial charge in [-0.25, -0.2) is 0 Å². The summed E-state index contributed by atoms with van der Waals surface area (Å²) in [5, 5.41) is 6.78. The summed E-state index contributed by atoms with van der Waals surface area (Å²) in [6.45, 7) is 28.4. The van der Waals surface area contributed by atoms with Crippen LogP contribution in [0, 0.1) is 11.3 Å². The lowest BCUT2D eigenvalue weighted by Crippen LogP contribution is -2.63. The van der Waals surface area contributed by atoms with E-state index in [4.69, 9.17) is 0 Å². The van der Waals surface area contributed by atoms with Crippen molar-refractivity contribution in [2.45, 2.75) is 131 Å². The maximum Gasteiger partial charge on any atom is 0.272 e. The van der Waals surface area contributed by atoms with Gasteiger partial charge < -0.3 is 14.4 Å². The first-order valence-corrected chi connectivity index (χ1v) is 26.6. The lowest BCUT2D eigenvalue weighted by molar-refractivity contribution is 0.154. The Kier molecular flexibility index (Phi) is 9.89. The topological polar surface area (TPSA) is 11.4 Å². The average molecular weight is 922 g/mol. The highest BCUT2D eigenvalue weighted by molar-refractivity contribution is 7.27. The van der Waals surface area contributed by atoms with Crippen LogP contribution in [-0.4, -0.2) is 11.3 Å². The van der Waals surface area contributed by atoms with Crippen molar-refractivity contribution in [3.63, 3.8) is 0 Å². The Morgan fingerprint density at radius 1 is 0.507 bits per heavy atom. The van der Waals surface area contributed by atoms with Crippen LogP contribution >= 0.6 is 11.3 Å². The molecule has 0 unspecified atom stereocenters. The molecular formula is C64H68BN3S. The van der Waals surface area contributed by atoms with Crippen molar-refractivity contribution in [3.05, 3.63) is 150 Å². The van der Waals surface area contributed by atoms with Gasteiger partial charge in [-0.05, 0) is 146 Å². The first-order valence-electron chi connectivity index (χ1n) is 25.8. The van der Waals surface area contributed by atoms with Crippen LogP contribution in [0.3, 0.4) is 0 Å². The monoisotopic (exact) mass is 922 g/mol. The molecule has 0 N–H and O–H groups in total. The fraction of sp³-hybridized carbons (Fsp3) is 0.344. The Morgan fingerprint density at radius 2 is 1.10 bits per heavy atom. The molecule has 1 aliphatic carbocycles. The third kappa shape index (κ3) is 6.95. The summed E-state index contributed by atoms with van der Waals surface area (Å²) in [6.07, 6.45) is 4.84. The number of rotatable bonds is 3. The molecule has 12 rings (SSSR count). The highest BCUT2D eigenvalue weighted by atomic mass is 32.1. The van der Waals surface area contributed by atoms with Gasteiger partial charge in [-0.1, -0.05) is 162 Å². The van der Waals surface area contributed by atoms with Gasteiger partial charge in [-0.15, -0.1) is 11.3 Å². The first-order chi connectivity index (χ1) is 32.8. The van der Waals surface area contributed by atoms with Crippen LogP contribution in [0.25, 0.3) is 41.8 Å². The van der Waals surface area contributed by atoms with Crippen molar-refractivity contribution in [3.8, 4) is 0 Å². The van der Waals surface area contributed by atoms with Crippen molar-refractivity contribution < 1.29 is 0 Å². The summed E-state index contributed by atoms with van der Waals surface area (Å²) in [7, 11) is 0. The fourth-order valence-electron chi connectivity index (χ4n) is 12.6. The summed E-state index contributed by atoms with van der Waals surface area (Å²) >= 11 is 2.00. The normalized spacial score (nSPS) is 17.5. The minimum absolute atomic E-state index is 0.0108. The van der Waals surface area contributed by atoms with Gasteiger partial charge in [0.25, 0.3) is 6.71 Å². The standard InChI is InChI=1S/C64H68BN3S/c1-61(2,3)40-21-28-44(29-22-40)66-50-35-27-43(64(10,11)12)38-49(50)65-57-52(66)18-15-19-53(57)67(45-30-23-41(24-31-45)62(4,5)6)58-56-51(68(60(58)65)46-32-25-42(26-33-46)63(7,8)9)36-34-48-55-47-17-14-13-16-39(47)20-37-54(55)69-59(48)56/h13-24,27-31,34-38,42,46H,25-26,32-33H2,1-12H3. The van der Waals surface area contributed by atoms with E-state index in [1.165, 1.54) is 135 Å². The van der Waals surface area contributed by atoms with Gasteiger partial charge in [0.1, 0.15) is 0 Å². The van der Waals surface area contributed by atoms with E-state index in [0.717, 1.165) is 0 Å². The Hall–Kier alpha value is -5.78. The SMILES string of the molecule is CC(C)(C)c1ccc(N2c3ccc(C(C)(C)C)cc3B3c4c2cccc4N(c2ccc(C(C)(C)C)cc2)c2c3n(C3CCC(C(C)(C)C)CC3)c3ccc4c(sc5ccc6ccccc6c54)c23)cc1. The van der Waals surface area contributed by atoms with Crippen molar-refractivity contribution in [2.75, 3.05) is 9.80 Å². The highest BCUT2D eigenvalue weighted by Crippen LogP contribution is 2.53.